The van der Waals surface area contributed by atoms with E-state index in [1.165, 1.54) is 0 Å². The fraction of sp³-hybridized carbons (Fsp3) is 0. The predicted octanol–water partition coefficient (Wildman–Crippen LogP) is -4.00. The molecule has 0 aromatic carbocycles. The van der Waals surface area contributed by atoms with Crippen LogP contribution in [0, 0.1) is 0 Å². The van der Waals surface area contributed by atoms with Gasteiger partial charge in [0, 0.05) is 0 Å². The van der Waals surface area contributed by atoms with Gasteiger partial charge < -0.3 is 16.1 Å². The molecule has 6 N–H and O–H groups in total. The van der Waals surface area contributed by atoms with Crippen molar-refractivity contribution in [3.63, 3.8) is 0 Å². The summed E-state index contributed by atoms with van der Waals surface area (Å²) in [6.45, 7) is 0. The van der Waals surface area contributed by atoms with Gasteiger partial charge in [0.2, 0.25) is 0 Å². The summed E-state index contributed by atoms with van der Waals surface area (Å²) in [4.78, 5) is 9.25. The third-order valence-electron chi connectivity index (χ3n) is 0.177. The molecule has 12 heavy (non-hydrogen) atoms. The Labute approximate surface area is 128 Å². The second kappa shape index (κ2) is 12.6. The van der Waals surface area contributed by atoms with Gasteiger partial charge in [-0.25, -0.2) is 4.79 Å². The molecule has 72 valence electrons. The number of hydrogen-bond acceptors (Lipinski definition) is 4. The van der Waals surface area contributed by atoms with Gasteiger partial charge in [0.25, 0.3) is 0 Å². The zero-order valence-corrected chi connectivity index (χ0v) is 5.25. The molecule has 0 aliphatic carbocycles. The van der Waals surface area contributed by atoms with E-state index in [1.54, 1.807) is 0 Å². The van der Waals surface area contributed by atoms with Crippen LogP contribution in [0.2, 0.25) is 0 Å². The summed E-state index contributed by atoms with van der Waals surface area (Å²) >= 11 is 0. The molecule has 0 spiro atoms. The first-order chi connectivity index (χ1) is 3.42. The van der Waals surface area contributed by atoms with Gasteiger partial charge in [-0.2, -0.15) is 8.42 Å². The third kappa shape index (κ3) is 29.9. The summed E-state index contributed by atoms with van der Waals surface area (Å²) < 4.78 is 29.2. The molecule has 0 radical (unpaired) electrons. The fourth-order valence-electron chi connectivity index (χ4n) is 0.0901. The molecular formula is CH10Ca2O8S. The summed E-state index contributed by atoms with van der Waals surface area (Å²) in [5.74, 6) is 0. The molecule has 0 rings (SSSR count). The molecule has 0 aliphatic rings. The van der Waals surface area contributed by atoms with Gasteiger partial charge in [-0.3, -0.25) is 8.74 Å². The Morgan fingerprint density at radius 3 is 1.42 bits per heavy atom. The Hall–Kier alpha value is 1.62. The van der Waals surface area contributed by atoms with E-state index in [0.717, 1.165) is 0 Å². The van der Waals surface area contributed by atoms with Crippen molar-refractivity contribution in [2.75, 3.05) is 0 Å². The number of hydrogen-bond donors (Lipinski definition) is 2. The van der Waals surface area contributed by atoms with Gasteiger partial charge in [0.1, 0.15) is 0 Å². The summed E-state index contributed by atoms with van der Waals surface area (Å²) in [5, 5.41) is 7.49. The van der Waals surface area contributed by atoms with Gasteiger partial charge >= 0.3 is 92.0 Å². The van der Waals surface area contributed by atoms with Gasteiger partial charge in [-0.05, 0) is 0 Å². The van der Waals surface area contributed by atoms with Crippen LogP contribution in [0.4, 0.5) is 4.79 Å². The van der Waals surface area contributed by atoms with Crippen molar-refractivity contribution >= 4 is 92.0 Å². The summed E-state index contributed by atoms with van der Waals surface area (Å²) in [5.41, 5.74) is 0. The molecule has 0 aliphatic heterocycles. The van der Waals surface area contributed by atoms with Gasteiger partial charge in [0.15, 0.2) is 0 Å². The average molecular weight is 262 g/mol. The molecule has 0 saturated heterocycles. The predicted molar refractivity (Wildman–Crippen MR) is 45.0 cm³/mol. The van der Waals surface area contributed by atoms with Crippen LogP contribution in [0.1, 0.15) is 0 Å². The molecule has 0 heterocycles. The first-order valence-corrected chi connectivity index (χ1v) is 2.68. The second-order valence-electron chi connectivity index (χ2n) is 0.777. The van der Waals surface area contributed by atoms with Crippen LogP contribution in [0.5, 0.6) is 0 Å². The van der Waals surface area contributed by atoms with Crippen LogP contribution in [-0.2, 0) is 14.6 Å². The maximum atomic E-state index is 9.39. The molecule has 0 fully saturated rings. The van der Waals surface area contributed by atoms with Crippen molar-refractivity contribution in [1.29, 1.82) is 0 Å². The summed E-state index contributed by atoms with van der Waals surface area (Å²) in [6, 6.07) is 0. The molecule has 0 aromatic rings. The zero-order chi connectivity index (χ0) is 6.78. The fourth-order valence-corrected chi connectivity index (χ4v) is 0.270. The number of carbonyl (C=O) groups is 1. The standard InChI is InChI=1S/CH2O6S.2Ca.2H2O.4H/c2-1(3)7-8(4,5)6;;;;;;;;/h(H,2,3)(H,4,5,6);;;2*1H2;;;;. The molecule has 0 aromatic heterocycles. The van der Waals surface area contributed by atoms with E-state index in [2.05, 4.69) is 4.18 Å². The van der Waals surface area contributed by atoms with Crippen LogP contribution >= 0.6 is 0 Å². The van der Waals surface area contributed by atoms with Crippen molar-refractivity contribution in [2.24, 2.45) is 0 Å². The van der Waals surface area contributed by atoms with E-state index in [4.69, 9.17) is 9.66 Å². The molecule has 8 nitrogen and oxygen atoms in total. The van der Waals surface area contributed by atoms with Crippen LogP contribution in [0.15, 0.2) is 0 Å². The maximum absolute atomic E-state index is 9.39. The Bertz CT molecular complexity index is 183. The molecule has 0 unspecified atom stereocenters. The summed E-state index contributed by atoms with van der Waals surface area (Å²) in [7, 11) is -4.82. The number of rotatable bonds is 1. The van der Waals surface area contributed by atoms with Gasteiger partial charge in [0.05, 0.1) is 0 Å². The Kier molecular flexibility index (Phi) is 30.7. The normalized spacial score (nSPS) is 7.08. The second-order valence-corrected chi connectivity index (χ2v) is 1.80. The quantitative estimate of drug-likeness (QED) is 0.361. The zero-order valence-electron chi connectivity index (χ0n) is 4.44. The Morgan fingerprint density at radius 1 is 1.17 bits per heavy atom. The number of carboxylic acid groups (broad SMARTS) is 1. The van der Waals surface area contributed by atoms with Crippen molar-refractivity contribution in [3.8, 4) is 0 Å². The molecule has 0 amide bonds. The SMILES string of the molecule is O.O.O=C(O)OS(=O)(=O)O.[CaH2].[CaH2]. The van der Waals surface area contributed by atoms with Gasteiger partial charge in [-0.15, -0.1) is 0 Å². The van der Waals surface area contributed by atoms with Crippen LogP contribution in [-0.4, -0.2) is 111 Å². The van der Waals surface area contributed by atoms with Crippen LogP contribution in [0.3, 0.4) is 0 Å². The Balaban J connectivity index is -0.0000000408. The molecular weight excluding hydrogens is 252 g/mol. The summed E-state index contributed by atoms with van der Waals surface area (Å²) in [6.07, 6.45) is -2.06. The van der Waals surface area contributed by atoms with E-state index >= 15 is 0 Å². The monoisotopic (exact) mass is 262 g/mol. The van der Waals surface area contributed by atoms with Crippen molar-refractivity contribution in [2.45, 2.75) is 0 Å². The molecule has 11 heteroatoms. The van der Waals surface area contributed by atoms with E-state index in [9.17, 15) is 13.2 Å². The topological polar surface area (TPSA) is 164 Å². The first kappa shape index (κ1) is 29.2. The van der Waals surface area contributed by atoms with E-state index < -0.39 is 16.6 Å². The molecule has 0 saturated carbocycles. The van der Waals surface area contributed by atoms with E-state index in [1.807, 2.05) is 0 Å². The van der Waals surface area contributed by atoms with Crippen LogP contribution < -0.4 is 0 Å². The van der Waals surface area contributed by atoms with E-state index in [0.29, 0.717) is 0 Å². The van der Waals surface area contributed by atoms with Crippen molar-refractivity contribution in [3.05, 3.63) is 0 Å². The average Bonchev–Trinajstić information content (AvgIpc) is 1.21. The van der Waals surface area contributed by atoms with Gasteiger partial charge in [-0.1, -0.05) is 0 Å². The molecule has 0 bridgehead atoms. The Morgan fingerprint density at radius 2 is 1.42 bits per heavy atom. The minimum absolute atomic E-state index is 0. The third-order valence-corrected chi connectivity index (χ3v) is 0.530. The van der Waals surface area contributed by atoms with Crippen molar-refractivity contribution in [1.82, 2.24) is 0 Å². The van der Waals surface area contributed by atoms with Crippen LogP contribution in [0.25, 0.3) is 0 Å². The van der Waals surface area contributed by atoms with Crippen molar-refractivity contribution < 1.29 is 38.0 Å². The minimum atomic E-state index is -4.82. The first-order valence-electron chi connectivity index (χ1n) is 1.31. The van der Waals surface area contributed by atoms with E-state index in [-0.39, 0.29) is 86.4 Å². The molecule has 0 atom stereocenters.